The maximum absolute atomic E-state index is 13.1. The van der Waals surface area contributed by atoms with Crippen LogP contribution in [0.15, 0.2) is 48.8 Å². The van der Waals surface area contributed by atoms with Gasteiger partial charge in [0, 0.05) is 35.6 Å². The quantitative estimate of drug-likeness (QED) is 0.260. The van der Waals surface area contributed by atoms with Gasteiger partial charge in [-0.3, -0.25) is 9.78 Å². The Bertz CT molecular complexity index is 1430. The fourth-order valence-electron chi connectivity index (χ4n) is 6.97. The zero-order valence-electron chi connectivity index (χ0n) is 24.6. The van der Waals surface area contributed by atoms with E-state index in [1.165, 1.54) is 31.2 Å². The highest BCUT2D eigenvalue weighted by Gasteiger charge is 2.41. The van der Waals surface area contributed by atoms with Gasteiger partial charge in [-0.05, 0) is 113 Å². The van der Waals surface area contributed by atoms with Gasteiger partial charge in [0.25, 0.3) is 6.43 Å². The van der Waals surface area contributed by atoms with E-state index >= 15 is 0 Å². The smallest absolute Gasteiger partial charge is 0.309 e. The molecule has 3 N–H and O–H groups in total. The number of rotatable bonds is 8. The van der Waals surface area contributed by atoms with Crippen LogP contribution in [0.2, 0.25) is 0 Å². The molecule has 0 spiro atoms. The summed E-state index contributed by atoms with van der Waals surface area (Å²) >= 11 is 0. The SMILES string of the molecule is Cc1cc(Nc2cc(C(F)F)ccn2)nc(-c2ccc([C@](C)(O)[C@H]3CC[C@H](C(=O)OC4CC5CCC(C4)N5)CC3)nc2)c1. The molecule has 3 aromatic heterocycles. The number of nitrogens with zero attached hydrogens (tertiary/aromatic N) is 3. The van der Waals surface area contributed by atoms with Crippen molar-refractivity contribution in [3.05, 3.63) is 65.6 Å². The summed E-state index contributed by atoms with van der Waals surface area (Å²) in [5.74, 6) is 0.552. The van der Waals surface area contributed by atoms with Gasteiger partial charge in [0.1, 0.15) is 23.3 Å². The number of fused-ring (bicyclic) bond motifs is 2. The van der Waals surface area contributed by atoms with E-state index in [0.29, 0.717) is 42.1 Å². The van der Waals surface area contributed by atoms with Gasteiger partial charge >= 0.3 is 5.97 Å². The van der Waals surface area contributed by atoms with Crippen LogP contribution in [0.5, 0.6) is 0 Å². The molecule has 2 aliphatic heterocycles. The normalized spacial score (nSPS) is 26.6. The first kappa shape index (κ1) is 29.6. The minimum Gasteiger partial charge on any atom is -0.462 e. The van der Waals surface area contributed by atoms with Crippen LogP contribution in [0, 0.1) is 18.8 Å². The topological polar surface area (TPSA) is 109 Å². The minimum atomic E-state index is -2.59. The van der Waals surface area contributed by atoms with Crippen LogP contribution in [0.4, 0.5) is 20.4 Å². The van der Waals surface area contributed by atoms with Crippen LogP contribution in [-0.2, 0) is 15.1 Å². The number of alkyl halides is 2. The number of ether oxygens (including phenoxy) is 1. The van der Waals surface area contributed by atoms with Crippen LogP contribution in [0.25, 0.3) is 11.3 Å². The minimum absolute atomic E-state index is 0.0194. The number of halogens is 2. The summed E-state index contributed by atoms with van der Waals surface area (Å²) < 4.78 is 32.2. The van der Waals surface area contributed by atoms with Crippen LogP contribution in [-0.4, -0.2) is 44.2 Å². The first-order valence-electron chi connectivity index (χ1n) is 15.3. The number of piperidine rings is 1. The Labute approximate surface area is 250 Å². The zero-order chi connectivity index (χ0) is 30.1. The van der Waals surface area contributed by atoms with Gasteiger partial charge in [0.05, 0.1) is 17.3 Å². The first-order chi connectivity index (χ1) is 20.6. The molecule has 0 amide bonds. The Kier molecular flexibility index (Phi) is 8.42. The summed E-state index contributed by atoms with van der Waals surface area (Å²) in [6.07, 6.45) is 7.50. The number of nitrogens with one attached hydrogen (secondary N) is 2. The molecule has 3 aromatic rings. The average Bonchev–Trinajstić information content (AvgIpc) is 3.34. The number of aryl methyl sites for hydroxylation is 1. The van der Waals surface area contributed by atoms with Gasteiger partial charge in [-0.2, -0.15) is 0 Å². The first-order valence-corrected chi connectivity index (χ1v) is 15.3. The van der Waals surface area contributed by atoms with Crippen molar-refractivity contribution in [3.8, 4) is 11.3 Å². The summed E-state index contributed by atoms with van der Waals surface area (Å²) in [7, 11) is 0. The third kappa shape index (κ3) is 6.70. The third-order valence-corrected chi connectivity index (χ3v) is 9.41. The molecule has 8 nitrogen and oxygen atoms in total. The summed E-state index contributed by atoms with van der Waals surface area (Å²) in [5.41, 5.74) is 1.66. The fourth-order valence-corrected chi connectivity index (χ4v) is 6.97. The van der Waals surface area contributed by atoms with Gasteiger partial charge in [-0.25, -0.2) is 18.7 Å². The molecular weight excluding hydrogens is 552 g/mol. The van der Waals surface area contributed by atoms with Gasteiger partial charge in [-0.1, -0.05) is 0 Å². The number of carbonyl (C=O) groups is 1. The van der Waals surface area contributed by atoms with E-state index < -0.39 is 12.0 Å². The van der Waals surface area contributed by atoms with Crippen LogP contribution < -0.4 is 10.6 Å². The Hall–Kier alpha value is -3.50. The van der Waals surface area contributed by atoms with Gasteiger partial charge < -0.3 is 20.5 Å². The maximum Gasteiger partial charge on any atom is 0.309 e. The van der Waals surface area contributed by atoms with E-state index in [9.17, 15) is 18.7 Å². The highest BCUT2D eigenvalue weighted by Crippen LogP contribution is 2.41. The zero-order valence-corrected chi connectivity index (χ0v) is 24.6. The lowest BCUT2D eigenvalue weighted by molar-refractivity contribution is -0.158. The van der Waals surface area contributed by atoms with E-state index in [1.54, 1.807) is 13.1 Å². The van der Waals surface area contributed by atoms with E-state index in [2.05, 4.69) is 25.6 Å². The largest absolute Gasteiger partial charge is 0.462 e. The van der Waals surface area contributed by atoms with Crippen LogP contribution in [0.1, 0.15) is 81.5 Å². The van der Waals surface area contributed by atoms with Crippen molar-refractivity contribution in [3.63, 3.8) is 0 Å². The molecule has 2 saturated heterocycles. The van der Waals surface area contributed by atoms with Crippen molar-refractivity contribution in [2.24, 2.45) is 11.8 Å². The molecule has 228 valence electrons. The number of pyridine rings is 3. The summed E-state index contributed by atoms with van der Waals surface area (Å²) in [6, 6.07) is 11.0. The van der Waals surface area contributed by atoms with E-state index in [0.717, 1.165) is 36.8 Å². The number of hydrogen-bond acceptors (Lipinski definition) is 8. The number of esters is 1. The predicted octanol–water partition coefficient (Wildman–Crippen LogP) is 6.37. The molecule has 6 rings (SSSR count). The summed E-state index contributed by atoms with van der Waals surface area (Å²) in [6.45, 7) is 3.73. The van der Waals surface area contributed by atoms with E-state index in [-0.39, 0.29) is 35.3 Å². The maximum atomic E-state index is 13.1. The van der Waals surface area contributed by atoms with Crippen molar-refractivity contribution in [2.75, 3.05) is 5.32 Å². The van der Waals surface area contributed by atoms with E-state index in [1.807, 2.05) is 31.2 Å². The summed E-state index contributed by atoms with van der Waals surface area (Å²) in [5, 5.41) is 18.2. The second-order valence-electron chi connectivity index (χ2n) is 12.6. The summed E-state index contributed by atoms with van der Waals surface area (Å²) in [4.78, 5) is 26.3. The lowest BCUT2D eigenvalue weighted by Crippen LogP contribution is -2.43. The second kappa shape index (κ2) is 12.2. The van der Waals surface area contributed by atoms with Crippen molar-refractivity contribution in [1.82, 2.24) is 20.3 Å². The lowest BCUT2D eigenvalue weighted by atomic mass is 9.73. The molecule has 3 fully saturated rings. The Morgan fingerprint density at radius 3 is 2.44 bits per heavy atom. The molecule has 3 atom stereocenters. The highest BCUT2D eigenvalue weighted by atomic mass is 19.3. The van der Waals surface area contributed by atoms with Crippen molar-refractivity contribution < 1.29 is 23.4 Å². The Morgan fingerprint density at radius 1 is 1.02 bits per heavy atom. The van der Waals surface area contributed by atoms with Gasteiger partial charge in [0.2, 0.25) is 0 Å². The molecular formula is C33H39F2N5O3. The molecule has 2 unspecified atom stereocenters. The highest BCUT2D eigenvalue weighted by molar-refractivity contribution is 5.72. The molecule has 1 aliphatic carbocycles. The van der Waals surface area contributed by atoms with Crippen molar-refractivity contribution in [2.45, 2.75) is 95.4 Å². The van der Waals surface area contributed by atoms with Crippen molar-refractivity contribution in [1.29, 1.82) is 0 Å². The molecule has 1 saturated carbocycles. The number of hydrogen-bond donors (Lipinski definition) is 3. The monoisotopic (exact) mass is 591 g/mol. The number of aliphatic hydroxyl groups is 1. The fraction of sp³-hybridized carbons (Fsp3) is 0.515. The van der Waals surface area contributed by atoms with E-state index in [4.69, 9.17) is 4.74 Å². The molecule has 5 heterocycles. The predicted molar refractivity (Wildman–Crippen MR) is 159 cm³/mol. The van der Waals surface area contributed by atoms with Crippen LogP contribution >= 0.6 is 0 Å². The number of anilines is 2. The standard InChI is InChI=1S/C33H39F2N5O3/c1-19-13-27(39-30(14-19)40-29-15-21(31(34)35)11-12-36-29)22-5-10-28(37-18-22)33(2,42)23-6-3-20(4-7-23)32(41)43-26-16-24-8-9-25(17-26)38-24/h5,10-15,18,20,23-26,31,38,42H,3-4,6-9,16-17H2,1-2H3,(H,36,39,40)/t20-,23-,24?,25?,26?,33-/m1/s1. The van der Waals surface area contributed by atoms with Crippen LogP contribution in [0.3, 0.4) is 0 Å². The van der Waals surface area contributed by atoms with Gasteiger partial charge in [0.15, 0.2) is 0 Å². The Balaban J connectivity index is 1.07. The number of aromatic nitrogens is 3. The van der Waals surface area contributed by atoms with Gasteiger partial charge in [-0.15, -0.1) is 0 Å². The second-order valence-corrected chi connectivity index (χ2v) is 12.6. The Morgan fingerprint density at radius 2 is 1.77 bits per heavy atom. The molecule has 0 radical (unpaired) electrons. The number of carbonyl (C=O) groups excluding carboxylic acids is 1. The molecule has 3 aliphatic rings. The third-order valence-electron chi connectivity index (χ3n) is 9.41. The molecule has 10 heteroatoms. The molecule has 43 heavy (non-hydrogen) atoms. The van der Waals surface area contributed by atoms with Crippen molar-refractivity contribution >= 4 is 17.6 Å². The molecule has 0 aromatic carbocycles. The average molecular weight is 592 g/mol. The lowest BCUT2D eigenvalue weighted by Gasteiger charge is -2.37. The molecule has 2 bridgehead atoms.